The largest absolute Gasteiger partial charge is 0.367 e. The van der Waals surface area contributed by atoms with Crippen LogP contribution in [0.2, 0.25) is 0 Å². The van der Waals surface area contributed by atoms with Gasteiger partial charge in [0.05, 0.1) is 16.8 Å². The van der Waals surface area contributed by atoms with E-state index in [0.717, 1.165) is 39.1 Å². The Morgan fingerprint density at radius 2 is 1.37 bits per heavy atom. The second kappa shape index (κ2) is 7.48. The van der Waals surface area contributed by atoms with Crippen molar-refractivity contribution >= 4 is 17.5 Å². The fourth-order valence-electron chi connectivity index (χ4n) is 3.82. The van der Waals surface area contributed by atoms with Gasteiger partial charge in [-0.2, -0.15) is 0 Å². The molecule has 0 bridgehead atoms. The van der Waals surface area contributed by atoms with Gasteiger partial charge in [-0.25, -0.2) is 4.39 Å². The van der Waals surface area contributed by atoms with E-state index in [-0.39, 0.29) is 17.6 Å². The summed E-state index contributed by atoms with van der Waals surface area (Å²) in [4.78, 5) is 30.5. The van der Waals surface area contributed by atoms with Gasteiger partial charge < -0.3 is 4.90 Å². The summed E-state index contributed by atoms with van der Waals surface area (Å²) in [6.45, 7) is 4.48. The molecule has 2 heterocycles. The van der Waals surface area contributed by atoms with Crippen molar-refractivity contribution in [3.05, 3.63) is 65.5 Å². The Kier molecular flexibility index (Phi) is 4.90. The van der Waals surface area contributed by atoms with Crippen LogP contribution in [0, 0.1) is 5.82 Å². The Morgan fingerprint density at radius 1 is 0.778 bits per heavy atom. The normalized spacial score (nSPS) is 17.5. The predicted octanol–water partition coefficient (Wildman–Crippen LogP) is 2.63. The Balaban J connectivity index is 1.26. The molecule has 5 nitrogen and oxygen atoms in total. The molecule has 1 fully saturated rings. The first-order chi connectivity index (χ1) is 13.1. The molecule has 0 aliphatic carbocycles. The Bertz CT molecular complexity index is 827. The van der Waals surface area contributed by atoms with Crippen molar-refractivity contribution in [1.82, 2.24) is 9.80 Å². The van der Waals surface area contributed by atoms with E-state index in [4.69, 9.17) is 0 Å². The molecule has 1 saturated heterocycles. The van der Waals surface area contributed by atoms with Gasteiger partial charge in [0.15, 0.2) is 0 Å². The Labute approximate surface area is 158 Å². The Hall–Kier alpha value is -2.73. The lowest BCUT2D eigenvalue weighted by Crippen LogP contribution is -2.47. The summed E-state index contributed by atoms with van der Waals surface area (Å²) in [5.74, 6) is -0.573. The van der Waals surface area contributed by atoms with E-state index in [2.05, 4.69) is 9.80 Å². The molecule has 140 valence electrons. The average Bonchev–Trinajstić information content (AvgIpc) is 2.94. The quantitative estimate of drug-likeness (QED) is 0.762. The molecule has 0 unspecified atom stereocenters. The molecule has 0 radical (unpaired) electrons. The van der Waals surface area contributed by atoms with E-state index in [0.29, 0.717) is 23.4 Å². The van der Waals surface area contributed by atoms with Crippen LogP contribution in [0.5, 0.6) is 0 Å². The van der Waals surface area contributed by atoms with Crippen LogP contribution in [0.1, 0.15) is 27.1 Å². The van der Waals surface area contributed by atoms with Gasteiger partial charge in [0.1, 0.15) is 5.82 Å². The standard InChI is InChI=1S/C21H22FN3O2/c22-18-8-3-4-9-19(18)24-14-12-23(13-15-24)10-5-11-25-20(26)16-6-1-2-7-17(16)21(25)27/h1-4,6-9H,5,10-15H2. The van der Waals surface area contributed by atoms with Gasteiger partial charge in [0.2, 0.25) is 0 Å². The first-order valence-corrected chi connectivity index (χ1v) is 9.32. The minimum atomic E-state index is -0.194. The highest BCUT2D eigenvalue weighted by Gasteiger charge is 2.34. The van der Waals surface area contributed by atoms with Crippen LogP contribution in [-0.4, -0.2) is 60.9 Å². The molecule has 0 N–H and O–H groups in total. The summed E-state index contributed by atoms with van der Waals surface area (Å²) in [6.07, 6.45) is 0.741. The molecular weight excluding hydrogens is 345 g/mol. The number of hydrogen-bond donors (Lipinski definition) is 0. The van der Waals surface area contributed by atoms with E-state index < -0.39 is 0 Å². The fraction of sp³-hybridized carbons (Fsp3) is 0.333. The minimum absolute atomic E-state index is 0.184. The van der Waals surface area contributed by atoms with Crippen LogP contribution < -0.4 is 4.90 Å². The molecule has 4 rings (SSSR count). The summed E-state index contributed by atoms with van der Waals surface area (Å²) in [5.41, 5.74) is 1.66. The number of para-hydroxylation sites is 1. The number of nitrogens with zero attached hydrogens (tertiary/aromatic N) is 3. The van der Waals surface area contributed by atoms with Crippen molar-refractivity contribution in [3.63, 3.8) is 0 Å². The Morgan fingerprint density at radius 3 is 2.00 bits per heavy atom. The molecule has 2 aliphatic heterocycles. The molecule has 27 heavy (non-hydrogen) atoms. The highest BCUT2D eigenvalue weighted by Crippen LogP contribution is 2.23. The highest BCUT2D eigenvalue weighted by atomic mass is 19.1. The van der Waals surface area contributed by atoms with Crippen LogP contribution >= 0.6 is 0 Å². The van der Waals surface area contributed by atoms with E-state index >= 15 is 0 Å². The highest BCUT2D eigenvalue weighted by molar-refractivity contribution is 6.21. The molecule has 2 amide bonds. The van der Waals surface area contributed by atoms with E-state index in [1.165, 1.54) is 11.0 Å². The molecule has 0 atom stereocenters. The molecule has 2 aromatic rings. The summed E-state index contributed by atoms with van der Waals surface area (Å²) < 4.78 is 13.9. The third-order valence-electron chi connectivity index (χ3n) is 5.30. The number of hydrogen-bond acceptors (Lipinski definition) is 4. The molecular formula is C21H22FN3O2. The van der Waals surface area contributed by atoms with Gasteiger partial charge in [-0.15, -0.1) is 0 Å². The fourth-order valence-corrected chi connectivity index (χ4v) is 3.82. The number of amides is 2. The number of benzene rings is 2. The third-order valence-corrected chi connectivity index (χ3v) is 5.30. The van der Waals surface area contributed by atoms with Gasteiger partial charge in [0, 0.05) is 32.7 Å². The molecule has 0 aromatic heterocycles. The average molecular weight is 367 g/mol. The number of carbonyl (C=O) groups is 2. The van der Waals surface area contributed by atoms with E-state index in [9.17, 15) is 14.0 Å². The summed E-state index contributed by atoms with van der Waals surface area (Å²) in [7, 11) is 0. The molecule has 0 spiro atoms. The number of rotatable bonds is 5. The number of piperazine rings is 1. The molecule has 2 aromatic carbocycles. The topological polar surface area (TPSA) is 43.9 Å². The summed E-state index contributed by atoms with van der Waals surface area (Å²) in [5, 5.41) is 0. The first-order valence-electron chi connectivity index (χ1n) is 9.32. The minimum Gasteiger partial charge on any atom is -0.367 e. The van der Waals surface area contributed by atoms with Crippen molar-refractivity contribution in [2.24, 2.45) is 0 Å². The van der Waals surface area contributed by atoms with Crippen LogP contribution in [-0.2, 0) is 0 Å². The molecule has 2 aliphatic rings. The zero-order valence-corrected chi connectivity index (χ0v) is 15.1. The predicted molar refractivity (Wildman–Crippen MR) is 101 cm³/mol. The van der Waals surface area contributed by atoms with Crippen LogP contribution in [0.25, 0.3) is 0 Å². The van der Waals surface area contributed by atoms with Crippen molar-refractivity contribution in [3.8, 4) is 0 Å². The van der Waals surface area contributed by atoms with Crippen LogP contribution in [0.3, 0.4) is 0 Å². The van der Waals surface area contributed by atoms with Crippen molar-refractivity contribution in [1.29, 1.82) is 0 Å². The van der Waals surface area contributed by atoms with Crippen molar-refractivity contribution in [2.45, 2.75) is 6.42 Å². The lowest BCUT2D eigenvalue weighted by Gasteiger charge is -2.36. The second-order valence-corrected chi connectivity index (χ2v) is 6.94. The zero-order valence-electron chi connectivity index (χ0n) is 15.1. The maximum atomic E-state index is 13.9. The van der Waals surface area contributed by atoms with Gasteiger partial charge in [-0.3, -0.25) is 19.4 Å². The van der Waals surface area contributed by atoms with Crippen molar-refractivity contribution < 1.29 is 14.0 Å². The summed E-state index contributed by atoms with van der Waals surface area (Å²) >= 11 is 0. The zero-order chi connectivity index (χ0) is 18.8. The lowest BCUT2D eigenvalue weighted by atomic mass is 10.1. The number of carbonyl (C=O) groups excluding carboxylic acids is 2. The smallest absolute Gasteiger partial charge is 0.261 e. The van der Waals surface area contributed by atoms with Gasteiger partial charge in [0.25, 0.3) is 11.8 Å². The molecule has 6 heteroatoms. The van der Waals surface area contributed by atoms with E-state index in [1.54, 1.807) is 30.3 Å². The van der Waals surface area contributed by atoms with Gasteiger partial charge >= 0.3 is 0 Å². The van der Waals surface area contributed by atoms with E-state index in [1.807, 2.05) is 12.1 Å². The molecule has 0 saturated carbocycles. The first kappa shape index (κ1) is 17.7. The lowest BCUT2D eigenvalue weighted by molar-refractivity contribution is 0.0647. The van der Waals surface area contributed by atoms with Gasteiger partial charge in [-0.1, -0.05) is 24.3 Å². The van der Waals surface area contributed by atoms with Crippen molar-refractivity contribution in [2.75, 3.05) is 44.2 Å². The number of imide groups is 1. The number of halogens is 1. The SMILES string of the molecule is O=C1c2ccccc2C(=O)N1CCCN1CCN(c2ccccc2F)CC1. The van der Waals surface area contributed by atoms with Crippen LogP contribution in [0.4, 0.5) is 10.1 Å². The number of fused-ring (bicyclic) bond motifs is 1. The maximum Gasteiger partial charge on any atom is 0.261 e. The number of anilines is 1. The summed E-state index contributed by atoms with van der Waals surface area (Å²) in [6, 6.07) is 13.8. The third kappa shape index (κ3) is 3.45. The monoisotopic (exact) mass is 367 g/mol. The second-order valence-electron chi connectivity index (χ2n) is 6.94. The van der Waals surface area contributed by atoms with Gasteiger partial charge in [-0.05, 0) is 37.2 Å². The van der Waals surface area contributed by atoms with Crippen LogP contribution in [0.15, 0.2) is 48.5 Å². The maximum absolute atomic E-state index is 13.9.